The Morgan fingerprint density at radius 2 is 2.27 bits per heavy atom. The molecule has 66 valence electrons. The highest BCUT2D eigenvalue weighted by atomic mass is 16.5. The predicted octanol–water partition coefficient (Wildman–Crippen LogP) is -0.0751. The Kier molecular flexibility index (Phi) is 3.30. The third-order valence-corrected chi connectivity index (χ3v) is 1.84. The first-order valence-corrected chi connectivity index (χ1v) is 4.18. The van der Waals surface area contributed by atoms with Crippen molar-refractivity contribution in [2.24, 2.45) is 0 Å². The Morgan fingerprint density at radius 1 is 1.55 bits per heavy atom. The molecule has 0 aromatic heterocycles. The molecule has 1 heterocycles. The summed E-state index contributed by atoms with van der Waals surface area (Å²) in [5.41, 5.74) is 0. The first kappa shape index (κ1) is 8.97. The minimum absolute atomic E-state index is 0.376. The zero-order valence-corrected chi connectivity index (χ0v) is 7.63. The van der Waals surface area contributed by atoms with E-state index in [0.717, 1.165) is 19.7 Å². The van der Waals surface area contributed by atoms with Gasteiger partial charge < -0.3 is 15.0 Å². The highest BCUT2D eigenvalue weighted by Gasteiger charge is 2.17. The maximum Gasteiger partial charge on any atom is 0.0826 e. The summed E-state index contributed by atoms with van der Waals surface area (Å²) in [6, 6.07) is 0.522. The van der Waals surface area contributed by atoms with E-state index in [4.69, 9.17) is 4.74 Å². The maximum atomic E-state index is 5.60. The highest BCUT2D eigenvalue weighted by Crippen LogP contribution is 2.00. The molecular weight excluding hydrogens is 140 g/mol. The molecule has 0 aliphatic carbocycles. The monoisotopic (exact) mass is 158 g/mol. The van der Waals surface area contributed by atoms with Crippen LogP contribution in [0.3, 0.4) is 0 Å². The average molecular weight is 158 g/mol. The van der Waals surface area contributed by atoms with Crippen LogP contribution < -0.4 is 5.32 Å². The molecule has 0 aromatic rings. The molecule has 0 aromatic carbocycles. The highest BCUT2D eigenvalue weighted by molar-refractivity contribution is 4.73. The topological polar surface area (TPSA) is 24.5 Å². The molecule has 0 amide bonds. The summed E-state index contributed by atoms with van der Waals surface area (Å²) >= 11 is 0. The van der Waals surface area contributed by atoms with Crippen LogP contribution in [0.1, 0.15) is 6.92 Å². The zero-order chi connectivity index (χ0) is 8.27. The first-order chi connectivity index (χ1) is 5.18. The lowest BCUT2D eigenvalue weighted by molar-refractivity contribution is -0.00440. The lowest BCUT2D eigenvalue weighted by Crippen LogP contribution is -2.48. The zero-order valence-electron chi connectivity index (χ0n) is 7.63. The molecule has 3 heteroatoms. The van der Waals surface area contributed by atoms with Gasteiger partial charge in [-0.1, -0.05) is 0 Å². The SMILES string of the molecule is C[C@H]1CO[C@@H](CN(C)C)CN1. The Hall–Kier alpha value is -0.120. The number of morpholine rings is 1. The van der Waals surface area contributed by atoms with E-state index >= 15 is 0 Å². The van der Waals surface area contributed by atoms with Gasteiger partial charge in [0, 0.05) is 19.1 Å². The summed E-state index contributed by atoms with van der Waals surface area (Å²) < 4.78 is 5.60. The fraction of sp³-hybridized carbons (Fsp3) is 1.00. The normalized spacial score (nSPS) is 32.7. The van der Waals surface area contributed by atoms with Crippen molar-refractivity contribution >= 4 is 0 Å². The quantitative estimate of drug-likeness (QED) is 0.608. The van der Waals surface area contributed by atoms with Gasteiger partial charge in [0.1, 0.15) is 0 Å². The largest absolute Gasteiger partial charge is 0.374 e. The van der Waals surface area contributed by atoms with Gasteiger partial charge in [-0.05, 0) is 21.0 Å². The van der Waals surface area contributed by atoms with Crippen molar-refractivity contribution in [3.63, 3.8) is 0 Å². The number of nitrogens with zero attached hydrogens (tertiary/aromatic N) is 1. The molecule has 1 fully saturated rings. The van der Waals surface area contributed by atoms with Gasteiger partial charge in [-0.2, -0.15) is 0 Å². The summed E-state index contributed by atoms with van der Waals surface area (Å²) in [5.74, 6) is 0. The second kappa shape index (κ2) is 4.04. The van der Waals surface area contributed by atoms with Crippen molar-refractivity contribution in [2.45, 2.75) is 19.1 Å². The van der Waals surface area contributed by atoms with Crippen LogP contribution in [0.15, 0.2) is 0 Å². The van der Waals surface area contributed by atoms with E-state index < -0.39 is 0 Å². The smallest absolute Gasteiger partial charge is 0.0826 e. The predicted molar refractivity (Wildman–Crippen MR) is 45.8 cm³/mol. The Bertz CT molecular complexity index is 109. The third kappa shape index (κ3) is 3.18. The van der Waals surface area contributed by atoms with Gasteiger partial charge in [0.05, 0.1) is 12.7 Å². The summed E-state index contributed by atoms with van der Waals surface area (Å²) in [7, 11) is 4.14. The Balaban J connectivity index is 2.17. The molecule has 1 saturated heterocycles. The van der Waals surface area contributed by atoms with Gasteiger partial charge >= 0.3 is 0 Å². The van der Waals surface area contributed by atoms with Gasteiger partial charge in [-0.15, -0.1) is 0 Å². The minimum Gasteiger partial charge on any atom is -0.374 e. The average Bonchev–Trinajstić information content (AvgIpc) is 1.93. The fourth-order valence-electron chi connectivity index (χ4n) is 1.26. The van der Waals surface area contributed by atoms with Gasteiger partial charge in [-0.25, -0.2) is 0 Å². The molecular formula is C8H18N2O. The molecule has 0 radical (unpaired) electrons. The molecule has 1 aliphatic heterocycles. The molecule has 3 nitrogen and oxygen atoms in total. The molecule has 11 heavy (non-hydrogen) atoms. The van der Waals surface area contributed by atoms with Crippen LogP contribution in [0, 0.1) is 0 Å². The van der Waals surface area contributed by atoms with E-state index in [-0.39, 0.29) is 0 Å². The van der Waals surface area contributed by atoms with Crippen molar-refractivity contribution in [1.29, 1.82) is 0 Å². The lowest BCUT2D eigenvalue weighted by atomic mass is 10.2. The van der Waals surface area contributed by atoms with E-state index in [2.05, 4.69) is 31.2 Å². The van der Waals surface area contributed by atoms with Gasteiger partial charge in [0.25, 0.3) is 0 Å². The molecule has 1 rings (SSSR count). The van der Waals surface area contributed by atoms with E-state index in [1.807, 2.05) is 0 Å². The first-order valence-electron chi connectivity index (χ1n) is 4.18. The van der Waals surface area contributed by atoms with E-state index in [1.165, 1.54) is 0 Å². The van der Waals surface area contributed by atoms with Crippen LogP contribution >= 0.6 is 0 Å². The molecule has 2 atom stereocenters. The second-order valence-electron chi connectivity index (χ2n) is 3.53. The van der Waals surface area contributed by atoms with Crippen molar-refractivity contribution < 1.29 is 4.74 Å². The maximum absolute atomic E-state index is 5.60. The van der Waals surface area contributed by atoms with Gasteiger partial charge in [0.15, 0.2) is 0 Å². The van der Waals surface area contributed by atoms with Crippen LogP contribution in [0.2, 0.25) is 0 Å². The molecule has 0 spiro atoms. The van der Waals surface area contributed by atoms with Gasteiger partial charge in [-0.3, -0.25) is 0 Å². The van der Waals surface area contributed by atoms with Gasteiger partial charge in [0.2, 0.25) is 0 Å². The number of hydrogen-bond donors (Lipinski definition) is 1. The summed E-state index contributed by atoms with van der Waals surface area (Å²) in [6.07, 6.45) is 0.376. The van der Waals surface area contributed by atoms with Crippen LogP contribution in [0.5, 0.6) is 0 Å². The standard InChI is InChI=1S/C8H18N2O/c1-7-6-11-8(4-9-7)5-10(2)3/h7-9H,4-6H2,1-3H3/t7-,8+/m0/s1. The Labute approximate surface area is 68.7 Å². The van der Waals surface area contributed by atoms with Crippen LogP contribution in [-0.4, -0.2) is 50.8 Å². The third-order valence-electron chi connectivity index (χ3n) is 1.84. The van der Waals surface area contributed by atoms with E-state index in [0.29, 0.717) is 12.1 Å². The minimum atomic E-state index is 0.376. The number of nitrogens with one attached hydrogen (secondary N) is 1. The molecule has 0 unspecified atom stereocenters. The summed E-state index contributed by atoms with van der Waals surface area (Å²) in [6.45, 7) is 4.99. The van der Waals surface area contributed by atoms with E-state index in [1.54, 1.807) is 0 Å². The van der Waals surface area contributed by atoms with Crippen LogP contribution in [0.4, 0.5) is 0 Å². The second-order valence-corrected chi connectivity index (χ2v) is 3.53. The number of rotatable bonds is 2. The van der Waals surface area contributed by atoms with Crippen molar-refractivity contribution in [3.05, 3.63) is 0 Å². The number of likely N-dealkylation sites (N-methyl/N-ethyl adjacent to an activating group) is 1. The van der Waals surface area contributed by atoms with Crippen LogP contribution in [-0.2, 0) is 4.74 Å². The van der Waals surface area contributed by atoms with E-state index in [9.17, 15) is 0 Å². The van der Waals surface area contributed by atoms with Crippen molar-refractivity contribution in [2.75, 3.05) is 33.8 Å². The number of ether oxygens (including phenoxy) is 1. The molecule has 1 aliphatic rings. The molecule has 0 saturated carbocycles. The van der Waals surface area contributed by atoms with Crippen molar-refractivity contribution in [3.8, 4) is 0 Å². The fourth-order valence-corrected chi connectivity index (χ4v) is 1.26. The Morgan fingerprint density at radius 3 is 2.73 bits per heavy atom. The van der Waals surface area contributed by atoms with Crippen LogP contribution in [0.25, 0.3) is 0 Å². The molecule has 0 bridgehead atoms. The van der Waals surface area contributed by atoms with Crippen molar-refractivity contribution in [1.82, 2.24) is 10.2 Å². The number of hydrogen-bond acceptors (Lipinski definition) is 3. The lowest BCUT2D eigenvalue weighted by Gasteiger charge is -2.29. The summed E-state index contributed by atoms with van der Waals surface area (Å²) in [5, 5.41) is 3.39. The summed E-state index contributed by atoms with van der Waals surface area (Å²) in [4.78, 5) is 2.16. The molecule has 1 N–H and O–H groups in total.